The van der Waals surface area contributed by atoms with Crippen molar-refractivity contribution in [2.24, 2.45) is 5.73 Å². The molecule has 0 amide bonds. The van der Waals surface area contributed by atoms with E-state index >= 15 is 0 Å². The second-order valence-corrected chi connectivity index (χ2v) is 9.03. The van der Waals surface area contributed by atoms with Crippen LogP contribution >= 0.6 is 27.9 Å². The van der Waals surface area contributed by atoms with Gasteiger partial charge in [0.15, 0.2) is 0 Å². The Balaban J connectivity index is 2.01. The number of phenols is 1. The van der Waals surface area contributed by atoms with Crippen molar-refractivity contribution in [1.82, 2.24) is 0 Å². The molecule has 3 aromatic rings. The highest BCUT2D eigenvalue weighted by atomic mass is 79.9. The molecule has 0 spiro atoms. The number of aryl methyl sites for hydroxylation is 1. The second kappa shape index (κ2) is 11.0. The Bertz CT molecular complexity index is 1180. The van der Waals surface area contributed by atoms with Crippen LogP contribution in [0.2, 0.25) is 0 Å². The van der Waals surface area contributed by atoms with Gasteiger partial charge in [-0.3, -0.25) is 4.79 Å². The maximum absolute atomic E-state index is 14.9. The van der Waals surface area contributed by atoms with Gasteiger partial charge in [-0.2, -0.15) is 0 Å². The third-order valence-electron chi connectivity index (χ3n) is 4.92. The summed E-state index contributed by atoms with van der Waals surface area (Å²) >= 11 is 4.08. The van der Waals surface area contributed by atoms with Gasteiger partial charge in [0.2, 0.25) is 0 Å². The van der Waals surface area contributed by atoms with Crippen molar-refractivity contribution >= 4 is 39.9 Å². The van der Waals surface area contributed by atoms with E-state index in [0.29, 0.717) is 32.5 Å². The van der Waals surface area contributed by atoms with E-state index in [1.807, 2.05) is 19.1 Å². The summed E-state index contributed by atoms with van der Waals surface area (Å²) in [6.07, 6.45) is 1.07. The monoisotopic (exact) mass is 536 g/mol. The van der Waals surface area contributed by atoms with E-state index in [1.165, 1.54) is 18.2 Å². The van der Waals surface area contributed by atoms with Crippen LogP contribution < -0.4 is 15.2 Å². The van der Waals surface area contributed by atoms with E-state index in [0.717, 1.165) is 30.0 Å². The molecule has 0 bridgehead atoms. The lowest BCUT2D eigenvalue weighted by molar-refractivity contribution is 0.112. The molecule has 0 saturated carbocycles. The fourth-order valence-electron chi connectivity index (χ4n) is 3.06. The molecule has 1 unspecified atom stereocenters. The summed E-state index contributed by atoms with van der Waals surface area (Å²) in [6.45, 7) is 4.06. The van der Waals surface area contributed by atoms with Gasteiger partial charge in [0.05, 0.1) is 15.1 Å². The molecule has 0 saturated heterocycles. The first-order valence-electron chi connectivity index (χ1n) is 10.2. The summed E-state index contributed by atoms with van der Waals surface area (Å²) in [5.41, 5.74) is 7.60. The van der Waals surface area contributed by atoms with Gasteiger partial charge in [0, 0.05) is 29.3 Å². The summed E-state index contributed by atoms with van der Waals surface area (Å²) < 4.78 is 38.5. The number of phenolic OH excluding ortho intramolecular Hbond substituents is 1. The van der Waals surface area contributed by atoms with E-state index in [9.17, 15) is 18.7 Å². The number of rotatable bonds is 9. The van der Waals surface area contributed by atoms with Crippen LogP contribution in [0.15, 0.2) is 51.8 Å². The Morgan fingerprint density at radius 2 is 1.94 bits per heavy atom. The highest BCUT2D eigenvalue weighted by Gasteiger charge is 2.18. The van der Waals surface area contributed by atoms with Crippen LogP contribution in [-0.4, -0.2) is 24.0 Å². The zero-order valence-electron chi connectivity index (χ0n) is 18.0. The summed E-state index contributed by atoms with van der Waals surface area (Å²) in [7, 11) is 0. The molecule has 0 aliphatic heterocycles. The quantitative estimate of drug-likeness (QED) is 0.219. The molecule has 3 rings (SSSR count). The van der Waals surface area contributed by atoms with E-state index in [4.69, 9.17) is 10.5 Å². The molecular weight excluding hydrogens is 514 g/mol. The average Bonchev–Trinajstić information content (AvgIpc) is 2.81. The van der Waals surface area contributed by atoms with Crippen molar-refractivity contribution < 1.29 is 23.4 Å². The minimum Gasteiger partial charge on any atom is -0.506 e. The van der Waals surface area contributed by atoms with Crippen molar-refractivity contribution in [2.75, 3.05) is 11.3 Å². The number of halogens is 3. The van der Waals surface area contributed by atoms with Crippen molar-refractivity contribution in [1.29, 1.82) is 0 Å². The summed E-state index contributed by atoms with van der Waals surface area (Å²) in [6, 6.07) is 10.5. The molecule has 1 atom stereocenters. The molecule has 0 aliphatic rings. The van der Waals surface area contributed by atoms with E-state index in [2.05, 4.69) is 20.7 Å². The molecule has 0 heterocycles. The normalized spacial score (nSPS) is 11.8. The summed E-state index contributed by atoms with van der Waals surface area (Å²) in [5, 5.41) is 10.2. The fourth-order valence-corrected chi connectivity index (χ4v) is 4.45. The number of hydrogen-bond donors (Lipinski definition) is 3. The summed E-state index contributed by atoms with van der Waals surface area (Å²) in [5.74, 6) is -1.22. The first kappa shape index (κ1) is 25.0. The number of carbonyl (C=O) groups is 1. The van der Waals surface area contributed by atoms with Crippen molar-refractivity contribution in [3.8, 4) is 22.6 Å². The molecule has 4 N–H and O–H groups in total. The molecule has 0 fully saturated rings. The van der Waals surface area contributed by atoms with Crippen molar-refractivity contribution in [2.45, 2.75) is 31.3 Å². The zero-order valence-corrected chi connectivity index (χ0v) is 20.4. The second-order valence-electron chi connectivity index (χ2n) is 7.33. The Kier molecular flexibility index (Phi) is 8.34. The summed E-state index contributed by atoms with van der Waals surface area (Å²) in [4.78, 5) is 11.4. The predicted molar refractivity (Wildman–Crippen MR) is 131 cm³/mol. The topological polar surface area (TPSA) is 84.6 Å². The van der Waals surface area contributed by atoms with Gasteiger partial charge in [0.25, 0.3) is 0 Å². The zero-order chi connectivity index (χ0) is 24.1. The molecule has 33 heavy (non-hydrogen) atoms. The first-order chi connectivity index (χ1) is 15.8. The van der Waals surface area contributed by atoms with E-state index < -0.39 is 11.6 Å². The van der Waals surface area contributed by atoms with Gasteiger partial charge in [0.1, 0.15) is 35.5 Å². The molecule has 0 radical (unpaired) electrons. The maximum atomic E-state index is 14.9. The van der Waals surface area contributed by atoms with Crippen LogP contribution in [0.3, 0.4) is 0 Å². The fraction of sp³-hybridized carbons (Fsp3) is 0.208. The number of ether oxygens (including phenoxy) is 1. The van der Waals surface area contributed by atoms with Crippen LogP contribution in [0.25, 0.3) is 11.1 Å². The highest BCUT2D eigenvalue weighted by Crippen LogP contribution is 2.39. The van der Waals surface area contributed by atoms with Crippen LogP contribution in [-0.2, 0) is 6.42 Å². The predicted octanol–water partition coefficient (Wildman–Crippen LogP) is 6.32. The minimum atomic E-state index is -0.807. The number of aldehydes is 1. The number of nitrogens with two attached hydrogens (primary N) is 1. The Labute approximate surface area is 203 Å². The molecule has 0 aromatic heterocycles. The van der Waals surface area contributed by atoms with Crippen LogP contribution in [0.5, 0.6) is 11.5 Å². The van der Waals surface area contributed by atoms with E-state index in [1.54, 1.807) is 13.0 Å². The number of benzene rings is 3. The lowest BCUT2D eigenvalue weighted by atomic mass is 9.99. The van der Waals surface area contributed by atoms with Gasteiger partial charge in [-0.1, -0.05) is 13.0 Å². The Morgan fingerprint density at radius 3 is 2.61 bits per heavy atom. The maximum Gasteiger partial charge on any atom is 0.150 e. The lowest BCUT2D eigenvalue weighted by Crippen LogP contribution is -2.23. The lowest BCUT2D eigenvalue weighted by Gasteiger charge is -2.18. The molecular formula is C24H23BrF2N2O3S. The van der Waals surface area contributed by atoms with E-state index in [-0.39, 0.29) is 29.6 Å². The number of nitrogens with one attached hydrogen (secondary N) is 1. The third kappa shape index (κ3) is 5.85. The standard InChI is InChI=1S/C24H23BrF2N2O3S/c1-3-14-4-5-22(32-13(2)11-28)17(6-14)16-9-21(20(27)10-19(16)26)29-33-23-8-15(12-30)7-18(25)24(23)31/h4-10,12-13,29,31H,3,11,28H2,1-2H3. The molecule has 0 aliphatic carbocycles. The number of aromatic hydroxyl groups is 1. The van der Waals surface area contributed by atoms with Crippen molar-refractivity contribution in [3.05, 3.63) is 69.7 Å². The molecule has 9 heteroatoms. The van der Waals surface area contributed by atoms with Gasteiger partial charge in [-0.05, 0) is 77.1 Å². The van der Waals surface area contributed by atoms with Gasteiger partial charge >= 0.3 is 0 Å². The Hall–Kier alpha value is -2.62. The van der Waals surface area contributed by atoms with Gasteiger partial charge < -0.3 is 20.3 Å². The van der Waals surface area contributed by atoms with Crippen molar-refractivity contribution in [3.63, 3.8) is 0 Å². The van der Waals surface area contributed by atoms with Gasteiger partial charge in [-0.15, -0.1) is 0 Å². The minimum absolute atomic E-state index is 0.00292. The molecule has 3 aromatic carbocycles. The smallest absolute Gasteiger partial charge is 0.150 e. The van der Waals surface area contributed by atoms with Crippen LogP contribution in [0.4, 0.5) is 14.5 Å². The number of hydrogen-bond acceptors (Lipinski definition) is 6. The average molecular weight is 537 g/mol. The SMILES string of the molecule is CCc1ccc(OC(C)CN)c(-c2cc(NSc3cc(C=O)cc(Br)c3O)c(F)cc2F)c1. The largest absolute Gasteiger partial charge is 0.506 e. The van der Waals surface area contributed by atoms with Gasteiger partial charge in [-0.25, -0.2) is 8.78 Å². The van der Waals surface area contributed by atoms with Crippen LogP contribution in [0, 0.1) is 11.6 Å². The molecule has 174 valence electrons. The molecule has 5 nitrogen and oxygen atoms in total. The highest BCUT2D eigenvalue weighted by molar-refractivity contribution is 9.10. The Morgan fingerprint density at radius 1 is 1.18 bits per heavy atom. The number of carbonyl (C=O) groups excluding carboxylic acids is 1. The third-order valence-corrected chi connectivity index (χ3v) is 6.37. The first-order valence-corrected chi connectivity index (χ1v) is 11.8. The van der Waals surface area contributed by atoms with Crippen LogP contribution in [0.1, 0.15) is 29.8 Å². The number of anilines is 1.